The van der Waals surface area contributed by atoms with Gasteiger partial charge in [0, 0.05) is 53.9 Å². The Hall–Kier alpha value is -6.12. The highest BCUT2D eigenvalue weighted by molar-refractivity contribution is 5.99. The smallest absolute Gasteiger partial charge is 0.243 e. The summed E-state index contributed by atoms with van der Waals surface area (Å²) in [6, 6.07) is 0.229. The standard InChI is InChI=1S/C41H64N10O11/c1-24(2)21-32-39(59)48-33(22-28-13-8-7-9-14-28)40(60)46-31(17-12-20-51(62)27(5)54)37(57)45-30(16-11-19-50(6)26(4)53)36(56)44-29(15-10-18-43-25(3)52)38(58)49-34(23-35(42)55)41(61)47-32/h7-9,13-14,24,29-34,62H,10-12,15-23H2,1-6H3,(H2,42,55)(H,43,52)(H,44,56)(H,45,57)(H,46,60)(H,47,61)(H,48,59)(H,49,58)/t29-,30-,31-,32-,33+,34-/m0/s1. The molecule has 1 heterocycles. The minimum Gasteiger partial charge on any atom is -0.370 e. The van der Waals surface area contributed by atoms with E-state index in [0.717, 1.165) is 6.92 Å². The van der Waals surface area contributed by atoms with Gasteiger partial charge in [-0.1, -0.05) is 44.2 Å². The molecule has 62 heavy (non-hydrogen) atoms. The number of nitrogens with two attached hydrogens (primary N) is 1. The molecule has 0 spiro atoms. The first-order valence-corrected chi connectivity index (χ1v) is 20.8. The SMILES string of the molecule is CC(=O)NCCC[C@@H]1NC(=O)[C@H](CCCN(C)C(C)=O)NC(=O)[C@H](CCCN(O)C(C)=O)NC(=O)[C@@H](Cc2ccccc2)NC(=O)[C@H](CC(C)C)NC(=O)[C@H](CC(N)=O)NC1=O. The van der Waals surface area contributed by atoms with E-state index in [2.05, 4.69) is 37.2 Å². The highest BCUT2D eigenvalue weighted by atomic mass is 16.5. The summed E-state index contributed by atoms with van der Waals surface area (Å²) in [6.45, 7) is 7.41. The Labute approximate surface area is 361 Å². The number of benzene rings is 1. The van der Waals surface area contributed by atoms with Crippen LogP contribution < -0.4 is 43.0 Å². The van der Waals surface area contributed by atoms with Crippen molar-refractivity contribution in [1.82, 2.24) is 47.2 Å². The van der Waals surface area contributed by atoms with Gasteiger partial charge in [-0.3, -0.25) is 53.2 Å². The van der Waals surface area contributed by atoms with Crippen LogP contribution in [0.5, 0.6) is 0 Å². The Kier molecular flexibility index (Phi) is 22.0. The normalized spacial score (nSPS) is 21.7. The van der Waals surface area contributed by atoms with Crippen molar-refractivity contribution in [2.75, 3.05) is 26.7 Å². The lowest BCUT2D eigenvalue weighted by atomic mass is 9.99. The van der Waals surface area contributed by atoms with Gasteiger partial charge in [-0.05, 0) is 56.4 Å². The lowest BCUT2D eigenvalue weighted by Gasteiger charge is -2.30. The number of primary amides is 1. The molecule has 0 bridgehead atoms. The van der Waals surface area contributed by atoms with Gasteiger partial charge in [-0.25, -0.2) is 5.06 Å². The van der Waals surface area contributed by atoms with Crippen molar-refractivity contribution in [2.45, 2.75) is 129 Å². The molecule has 0 unspecified atom stereocenters. The maximum Gasteiger partial charge on any atom is 0.243 e. The van der Waals surface area contributed by atoms with Crippen molar-refractivity contribution in [2.24, 2.45) is 11.7 Å². The summed E-state index contributed by atoms with van der Waals surface area (Å²) in [5, 5.41) is 28.8. The summed E-state index contributed by atoms with van der Waals surface area (Å²) in [5.74, 6) is -7.60. The van der Waals surface area contributed by atoms with Crippen molar-refractivity contribution < 1.29 is 53.2 Å². The van der Waals surface area contributed by atoms with Gasteiger partial charge in [0.2, 0.25) is 59.1 Å². The Morgan fingerprint density at radius 1 is 0.645 bits per heavy atom. The number of hydrogen-bond donors (Lipinski definition) is 9. The number of nitrogens with one attached hydrogen (secondary N) is 7. The molecule has 1 fully saturated rings. The molecule has 2 rings (SSSR count). The third-order valence-electron chi connectivity index (χ3n) is 9.99. The molecule has 10 N–H and O–H groups in total. The molecular weight excluding hydrogens is 809 g/mol. The van der Waals surface area contributed by atoms with Gasteiger partial charge in [-0.2, -0.15) is 0 Å². The van der Waals surface area contributed by atoms with Crippen molar-refractivity contribution in [1.29, 1.82) is 0 Å². The first-order chi connectivity index (χ1) is 29.2. The van der Waals surface area contributed by atoms with Gasteiger partial charge in [0.1, 0.15) is 36.3 Å². The van der Waals surface area contributed by atoms with E-state index in [-0.39, 0.29) is 88.7 Å². The molecule has 1 aromatic carbocycles. The zero-order valence-corrected chi connectivity index (χ0v) is 36.4. The summed E-state index contributed by atoms with van der Waals surface area (Å²) in [7, 11) is 1.55. The van der Waals surface area contributed by atoms with E-state index in [4.69, 9.17) is 5.73 Å². The molecule has 0 saturated carbocycles. The molecule has 6 atom stereocenters. The maximum atomic E-state index is 14.2. The van der Waals surface area contributed by atoms with Crippen LogP contribution in [-0.2, 0) is 54.4 Å². The fraction of sp³-hybridized carbons (Fsp3) is 0.610. The first kappa shape index (κ1) is 52.0. The summed E-state index contributed by atoms with van der Waals surface area (Å²) >= 11 is 0. The number of carbonyl (C=O) groups is 10. The molecule has 0 aliphatic carbocycles. The van der Waals surface area contributed by atoms with E-state index >= 15 is 0 Å². The summed E-state index contributed by atoms with van der Waals surface area (Å²) in [5.41, 5.74) is 6.11. The van der Waals surface area contributed by atoms with Crippen LogP contribution in [0.3, 0.4) is 0 Å². The number of hydrogen-bond acceptors (Lipinski definition) is 11. The van der Waals surface area contributed by atoms with Gasteiger partial charge in [-0.15, -0.1) is 0 Å². The number of hydroxylamine groups is 2. The molecular formula is C41H64N10O11. The highest BCUT2D eigenvalue weighted by Crippen LogP contribution is 2.12. The zero-order chi connectivity index (χ0) is 46.5. The molecule has 21 heteroatoms. The van der Waals surface area contributed by atoms with Gasteiger partial charge < -0.3 is 47.9 Å². The van der Waals surface area contributed by atoms with Gasteiger partial charge in [0.05, 0.1) is 6.42 Å². The number of rotatable bonds is 18. The molecule has 1 aromatic rings. The Balaban J connectivity index is 2.75. The Morgan fingerprint density at radius 2 is 1.08 bits per heavy atom. The summed E-state index contributed by atoms with van der Waals surface area (Å²) in [6.07, 6.45) is -0.683. The van der Waals surface area contributed by atoms with Crippen molar-refractivity contribution in [3.8, 4) is 0 Å². The summed E-state index contributed by atoms with van der Waals surface area (Å²) in [4.78, 5) is 133. The molecule has 21 nitrogen and oxygen atoms in total. The van der Waals surface area contributed by atoms with Crippen molar-refractivity contribution >= 4 is 59.1 Å². The predicted molar refractivity (Wildman–Crippen MR) is 224 cm³/mol. The van der Waals surface area contributed by atoms with Crippen LogP contribution >= 0.6 is 0 Å². The van der Waals surface area contributed by atoms with E-state index < -0.39 is 89.9 Å². The molecule has 1 aliphatic heterocycles. The largest absolute Gasteiger partial charge is 0.370 e. The Morgan fingerprint density at radius 3 is 1.56 bits per heavy atom. The Bertz CT molecular complexity index is 1740. The molecule has 10 amide bonds. The zero-order valence-electron chi connectivity index (χ0n) is 36.4. The number of nitrogens with zero attached hydrogens (tertiary/aromatic N) is 2. The van der Waals surface area contributed by atoms with E-state index in [1.165, 1.54) is 18.7 Å². The highest BCUT2D eigenvalue weighted by Gasteiger charge is 2.36. The summed E-state index contributed by atoms with van der Waals surface area (Å²) < 4.78 is 0. The average molecular weight is 873 g/mol. The quantitative estimate of drug-likeness (QED) is 0.0454. The minimum absolute atomic E-state index is 0.00403. The third-order valence-corrected chi connectivity index (χ3v) is 9.99. The fourth-order valence-electron chi connectivity index (χ4n) is 6.48. The number of amides is 10. The molecule has 1 aliphatic rings. The van der Waals surface area contributed by atoms with Crippen molar-refractivity contribution in [3.05, 3.63) is 35.9 Å². The van der Waals surface area contributed by atoms with Crippen LogP contribution in [-0.4, -0.2) is 137 Å². The maximum absolute atomic E-state index is 14.2. The second kappa shape index (κ2) is 26.3. The van der Waals surface area contributed by atoms with Crippen LogP contribution in [0.4, 0.5) is 0 Å². The molecule has 344 valence electrons. The monoisotopic (exact) mass is 872 g/mol. The number of carbonyl (C=O) groups excluding carboxylic acids is 10. The van der Waals surface area contributed by atoms with Gasteiger partial charge >= 0.3 is 0 Å². The first-order valence-electron chi connectivity index (χ1n) is 20.8. The van der Waals surface area contributed by atoms with Crippen LogP contribution in [0.25, 0.3) is 0 Å². The second-order valence-electron chi connectivity index (χ2n) is 15.8. The van der Waals surface area contributed by atoms with Crippen molar-refractivity contribution in [3.63, 3.8) is 0 Å². The van der Waals surface area contributed by atoms with E-state index in [1.807, 2.05) is 0 Å². The van der Waals surface area contributed by atoms with Gasteiger partial charge in [0.15, 0.2) is 0 Å². The lowest BCUT2D eigenvalue weighted by molar-refractivity contribution is -0.163. The molecule has 0 radical (unpaired) electrons. The van der Waals surface area contributed by atoms with E-state index in [1.54, 1.807) is 51.2 Å². The fourth-order valence-corrected chi connectivity index (χ4v) is 6.48. The molecule has 0 aromatic heterocycles. The minimum atomic E-state index is -1.62. The lowest BCUT2D eigenvalue weighted by Crippen LogP contribution is -2.62. The average Bonchev–Trinajstić information content (AvgIpc) is 3.19. The molecule has 1 saturated heterocycles. The third kappa shape index (κ3) is 19.1. The van der Waals surface area contributed by atoms with E-state index in [0.29, 0.717) is 10.6 Å². The van der Waals surface area contributed by atoms with Crippen LogP contribution in [0.15, 0.2) is 30.3 Å². The van der Waals surface area contributed by atoms with E-state index in [9.17, 15) is 53.2 Å². The van der Waals surface area contributed by atoms with Crippen LogP contribution in [0.1, 0.15) is 91.5 Å². The van der Waals surface area contributed by atoms with Crippen LogP contribution in [0.2, 0.25) is 0 Å². The van der Waals surface area contributed by atoms with Crippen LogP contribution in [0, 0.1) is 5.92 Å². The topological polar surface area (TPSA) is 308 Å². The van der Waals surface area contributed by atoms with Gasteiger partial charge in [0.25, 0.3) is 0 Å². The second-order valence-corrected chi connectivity index (χ2v) is 15.8. The predicted octanol–water partition coefficient (Wildman–Crippen LogP) is -1.73.